The summed E-state index contributed by atoms with van der Waals surface area (Å²) in [5.74, 6) is 1.56. The first-order valence-corrected chi connectivity index (χ1v) is 6.69. The van der Waals surface area contributed by atoms with Crippen molar-refractivity contribution in [2.75, 3.05) is 11.9 Å². The Balaban J connectivity index is 2.09. The van der Waals surface area contributed by atoms with Crippen LogP contribution in [0.2, 0.25) is 0 Å². The van der Waals surface area contributed by atoms with Crippen molar-refractivity contribution < 1.29 is 0 Å². The van der Waals surface area contributed by atoms with Gasteiger partial charge in [0.2, 0.25) is 5.95 Å². The highest BCUT2D eigenvalue weighted by atomic mass is 15.4. The second kappa shape index (κ2) is 5.66. The first-order valence-electron chi connectivity index (χ1n) is 6.69. The maximum absolute atomic E-state index is 4.46. The summed E-state index contributed by atoms with van der Waals surface area (Å²) in [5.41, 5.74) is 1.79. The molecule has 0 aliphatic rings. The largest absolute Gasteiger partial charge is 0.354 e. The van der Waals surface area contributed by atoms with Gasteiger partial charge in [0, 0.05) is 36.4 Å². The standard InChI is InChI=1S/C14H15N7/c1-3-15-13-18-12(11-6-5-10(2)16-9-11)19-14(20-13)21-8-4-7-17-21/h4-9H,3H2,1-2H3,(H,15,18,19,20). The van der Waals surface area contributed by atoms with E-state index in [0.717, 1.165) is 17.8 Å². The Morgan fingerprint density at radius 2 is 2.10 bits per heavy atom. The molecule has 1 N–H and O–H groups in total. The fraction of sp³-hybridized carbons (Fsp3) is 0.214. The van der Waals surface area contributed by atoms with Crippen LogP contribution in [0.1, 0.15) is 12.6 Å². The highest BCUT2D eigenvalue weighted by molar-refractivity contribution is 5.55. The minimum Gasteiger partial charge on any atom is -0.354 e. The Hall–Kier alpha value is -2.83. The molecule has 3 aromatic rings. The lowest BCUT2D eigenvalue weighted by Gasteiger charge is -2.07. The molecule has 0 aliphatic carbocycles. The summed E-state index contributed by atoms with van der Waals surface area (Å²) in [6.07, 6.45) is 5.24. The predicted molar refractivity (Wildman–Crippen MR) is 79.1 cm³/mol. The number of nitrogens with one attached hydrogen (secondary N) is 1. The summed E-state index contributed by atoms with van der Waals surface area (Å²) in [6.45, 7) is 4.66. The molecule has 0 aliphatic heterocycles. The van der Waals surface area contributed by atoms with Crippen molar-refractivity contribution >= 4 is 5.95 Å². The van der Waals surface area contributed by atoms with Gasteiger partial charge in [-0.2, -0.15) is 20.1 Å². The molecule has 106 valence electrons. The SMILES string of the molecule is CCNc1nc(-c2ccc(C)nc2)nc(-n2cccn2)n1. The first kappa shape index (κ1) is 13.2. The maximum Gasteiger partial charge on any atom is 0.255 e. The minimum absolute atomic E-state index is 0.474. The van der Waals surface area contributed by atoms with Crippen LogP contribution in [-0.2, 0) is 0 Å². The Morgan fingerprint density at radius 3 is 2.76 bits per heavy atom. The Morgan fingerprint density at radius 1 is 1.19 bits per heavy atom. The lowest BCUT2D eigenvalue weighted by Crippen LogP contribution is -2.10. The average molecular weight is 281 g/mol. The number of rotatable bonds is 4. The van der Waals surface area contributed by atoms with Gasteiger partial charge in [0.15, 0.2) is 5.82 Å². The van der Waals surface area contributed by atoms with Gasteiger partial charge >= 0.3 is 0 Å². The van der Waals surface area contributed by atoms with Gasteiger partial charge in [0.25, 0.3) is 5.95 Å². The van der Waals surface area contributed by atoms with Crippen LogP contribution in [-0.4, -0.2) is 36.3 Å². The number of aromatic nitrogens is 6. The van der Waals surface area contributed by atoms with Gasteiger partial charge in [-0.05, 0) is 32.0 Å². The summed E-state index contributed by atoms with van der Waals surface area (Å²) < 4.78 is 1.60. The summed E-state index contributed by atoms with van der Waals surface area (Å²) >= 11 is 0. The van der Waals surface area contributed by atoms with Crippen molar-refractivity contribution in [2.24, 2.45) is 0 Å². The monoisotopic (exact) mass is 281 g/mol. The quantitative estimate of drug-likeness (QED) is 0.786. The third kappa shape index (κ3) is 2.86. The highest BCUT2D eigenvalue weighted by Gasteiger charge is 2.10. The molecule has 0 aromatic carbocycles. The van der Waals surface area contributed by atoms with E-state index in [1.165, 1.54) is 0 Å². The molecule has 3 aromatic heterocycles. The maximum atomic E-state index is 4.46. The molecule has 7 nitrogen and oxygen atoms in total. The Labute approximate surface area is 122 Å². The molecule has 0 unspecified atom stereocenters. The van der Waals surface area contributed by atoms with E-state index in [2.05, 4.69) is 30.4 Å². The number of nitrogens with zero attached hydrogens (tertiary/aromatic N) is 6. The van der Waals surface area contributed by atoms with Crippen molar-refractivity contribution in [3.8, 4) is 17.3 Å². The van der Waals surface area contributed by atoms with Crippen molar-refractivity contribution in [2.45, 2.75) is 13.8 Å². The number of anilines is 1. The molecular formula is C14H15N7. The normalized spacial score (nSPS) is 10.6. The van der Waals surface area contributed by atoms with Crippen molar-refractivity contribution in [3.05, 3.63) is 42.5 Å². The summed E-state index contributed by atoms with van der Waals surface area (Å²) in [6, 6.07) is 5.70. The third-order valence-electron chi connectivity index (χ3n) is 2.84. The zero-order valence-electron chi connectivity index (χ0n) is 11.9. The van der Waals surface area contributed by atoms with Gasteiger partial charge in [-0.25, -0.2) is 4.68 Å². The van der Waals surface area contributed by atoms with Crippen LogP contribution in [0, 0.1) is 6.92 Å². The topological polar surface area (TPSA) is 81.4 Å². The van der Waals surface area contributed by atoms with E-state index in [0.29, 0.717) is 17.7 Å². The number of aryl methyl sites for hydroxylation is 1. The lowest BCUT2D eigenvalue weighted by atomic mass is 10.2. The van der Waals surface area contributed by atoms with Crippen LogP contribution in [0.15, 0.2) is 36.8 Å². The molecular weight excluding hydrogens is 266 g/mol. The number of pyridine rings is 1. The minimum atomic E-state index is 0.474. The van der Waals surface area contributed by atoms with Gasteiger partial charge < -0.3 is 5.32 Å². The number of hydrogen-bond acceptors (Lipinski definition) is 6. The molecule has 0 fully saturated rings. The van der Waals surface area contributed by atoms with Crippen LogP contribution in [0.3, 0.4) is 0 Å². The van der Waals surface area contributed by atoms with Gasteiger partial charge in [0.05, 0.1) is 0 Å². The highest BCUT2D eigenvalue weighted by Crippen LogP contribution is 2.16. The molecule has 3 heterocycles. The van der Waals surface area contributed by atoms with E-state index in [9.17, 15) is 0 Å². The Bertz CT molecular complexity index is 720. The second-order valence-corrected chi connectivity index (χ2v) is 4.45. The summed E-state index contributed by atoms with van der Waals surface area (Å²) in [7, 11) is 0. The molecule has 0 saturated carbocycles. The molecule has 0 bridgehead atoms. The smallest absolute Gasteiger partial charge is 0.255 e. The van der Waals surface area contributed by atoms with Gasteiger partial charge in [-0.1, -0.05) is 0 Å². The average Bonchev–Trinajstić information content (AvgIpc) is 3.02. The fourth-order valence-corrected chi connectivity index (χ4v) is 1.82. The molecule has 0 amide bonds. The molecule has 0 saturated heterocycles. The van der Waals surface area contributed by atoms with Crippen molar-refractivity contribution in [1.29, 1.82) is 0 Å². The van der Waals surface area contributed by atoms with Gasteiger partial charge in [-0.15, -0.1) is 0 Å². The summed E-state index contributed by atoms with van der Waals surface area (Å²) in [4.78, 5) is 17.5. The summed E-state index contributed by atoms with van der Waals surface area (Å²) in [5, 5.41) is 7.26. The molecule has 7 heteroatoms. The molecule has 21 heavy (non-hydrogen) atoms. The molecule has 0 spiro atoms. The predicted octanol–water partition coefficient (Wildman–Crippen LogP) is 1.86. The molecule has 3 rings (SSSR count). The third-order valence-corrected chi connectivity index (χ3v) is 2.84. The zero-order valence-corrected chi connectivity index (χ0v) is 11.9. The van der Waals surface area contributed by atoms with E-state index in [4.69, 9.17) is 0 Å². The van der Waals surface area contributed by atoms with E-state index in [1.54, 1.807) is 23.3 Å². The molecule has 0 radical (unpaired) electrons. The zero-order chi connectivity index (χ0) is 14.7. The number of hydrogen-bond donors (Lipinski definition) is 1. The van der Waals surface area contributed by atoms with Crippen LogP contribution in [0.4, 0.5) is 5.95 Å². The first-order chi connectivity index (χ1) is 10.3. The van der Waals surface area contributed by atoms with Crippen LogP contribution in [0.25, 0.3) is 17.3 Å². The van der Waals surface area contributed by atoms with E-state index < -0.39 is 0 Å². The van der Waals surface area contributed by atoms with Crippen LogP contribution < -0.4 is 5.32 Å². The fourth-order valence-electron chi connectivity index (χ4n) is 1.82. The van der Waals surface area contributed by atoms with Gasteiger partial charge in [-0.3, -0.25) is 4.98 Å². The van der Waals surface area contributed by atoms with Crippen LogP contribution >= 0.6 is 0 Å². The molecule has 0 atom stereocenters. The lowest BCUT2D eigenvalue weighted by molar-refractivity contribution is 0.798. The van der Waals surface area contributed by atoms with Crippen LogP contribution in [0.5, 0.6) is 0 Å². The van der Waals surface area contributed by atoms with Crippen molar-refractivity contribution in [3.63, 3.8) is 0 Å². The Kier molecular flexibility index (Phi) is 3.55. The second-order valence-electron chi connectivity index (χ2n) is 4.45. The van der Waals surface area contributed by atoms with E-state index in [-0.39, 0.29) is 0 Å². The van der Waals surface area contributed by atoms with E-state index >= 15 is 0 Å². The van der Waals surface area contributed by atoms with E-state index in [1.807, 2.05) is 32.0 Å². The van der Waals surface area contributed by atoms with Crippen molar-refractivity contribution in [1.82, 2.24) is 29.7 Å². The van der Waals surface area contributed by atoms with Gasteiger partial charge in [0.1, 0.15) is 0 Å².